The number of ether oxygens (including phenoxy) is 2. The van der Waals surface area contributed by atoms with E-state index in [1.54, 1.807) is 6.07 Å². The van der Waals surface area contributed by atoms with Gasteiger partial charge in [-0.3, -0.25) is 4.79 Å². The van der Waals surface area contributed by atoms with E-state index in [1.165, 1.54) is 0 Å². The monoisotopic (exact) mass is 354 g/mol. The van der Waals surface area contributed by atoms with Crippen LogP contribution in [0.1, 0.15) is 16.1 Å². The standard InChI is InChI=1S/C19H22N4O3/c1-22-7-9-23(10-8-22)18-4-2-3-15(21-18)19(24)20-12-14-5-6-16-17(11-14)26-13-25-16/h2-6,11H,7-10,12-13H2,1H3,(H,20,24). The van der Waals surface area contributed by atoms with Gasteiger partial charge in [0.05, 0.1) is 0 Å². The highest BCUT2D eigenvalue weighted by atomic mass is 16.7. The van der Waals surface area contributed by atoms with Gasteiger partial charge in [-0.05, 0) is 36.9 Å². The van der Waals surface area contributed by atoms with E-state index < -0.39 is 0 Å². The molecule has 1 N–H and O–H groups in total. The first-order chi connectivity index (χ1) is 12.7. The molecule has 0 bridgehead atoms. The lowest BCUT2D eigenvalue weighted by molar-refractivity contribution is 0.0946. The maximum Gasteiger partial charge on any atom is 0.270 e. The van der Waals surface area contributed by atoms with Crippen LogP contribution in [0.15, 0.2) is 36.4 Å². The van der Waals surface area contributed by atoms with E-state index >= 15 is 0 Å². The number of hydrogen-bond donors (Lipinski definition) is 1. The number of rotatable bonds is 4. The van der Waals surface area contributed by atoms with Crippen molar-refractivity contribution >= 4 is 11.7 Å². The number of nitrogens with zero attached hydrogens (tertiary/aromatic N) is 3. The first-order valence-electron chi connectivity index (χ1n) is 8.76. The van der Waals surface area contributed by atoms with E-state index in [1.807, 2.05) is 30.3 Å². The number of anilines is 1. The first kappa shape index (κ1) is 16.7. The number of piperazine rings is 1. The van der Waals surface area contributed by atoms with Crippen LogP contribution in [0.4, 0.5) is 5.82 Å². The Balaban J connectivity index is 1.39. The molecule has 0 radical (unpaired) electrons. The third kappa shape index (κ3) is 3.57. The van der Waals surface area contributed by atoms with Crippen molar-refractivity contribution in [3.05, 3.63) is 47.7 Å². The minimum Gasteiger partial charge on any atom is -0.454 e. The summed E-state index contributed by atoms with van der Waals surface area (Å²) in [4.78, 5) is 21.5. The van der Waals surface area contributed by atoms with Crippen LogP contribution in [-0.2, 0) is 6.54 Å². The molecule has 0 atom stereocenters. The van der Waals surface area contributed by atoms with Crippen molar-refractivity contribution in [2.24, 2.45) is 0 Å². The van der Waals surface area contributed by atoms with Gasteiger partial charge in [0, 0.05) is 32.7 Å². The highest BCUT2D eigenvalue weighted by Crippen LogP contribution is 2.32. The molecule has 3 heterocycles. The average molecular weight is 354 g/mol. The van der Waals surface area contributed by atoms with Gasteiger partial charge in [-0.15, -0.1) is 0 Å². The van der Waals surface area contributed by atoms with Crippen LogP contribution in [-0.4, -0.2) is 55.8 Å². The Hall–Kier alpha value is -2.80. The maximum absolute atomic E-state index is 12.5. The van der Waals surface area contributed by atoms with Crippen molar-refractivity contribution in [1.29, 1.82) is 0 Å². The van der Waals surface area contributed by atoms with Crippen molar-refractivity contribution < 1.29 is 14.3 Å². The number of fused-ring (bicyclic) bond motifs is 1. The summed E-state index contributed by atoms with van der Waals surface area (Å²) >= 11 is 0. The Kier molecular flexibility index (Phi) is 4.62. The lowest BCUT2D eigenvalue weighted by atomic mass is 10.2. The quantitative estimate of drug-likeness (QED) is 0.897. The van der Waals surface area contributed by atoms with Gasteiger partial charge >= 0.3 is 0 Å². The number of nitrogens with one attached hydrogen (secondary N) is 1. The largest absolute Gasteiger partial charge is 0.454 e. The fourth-order valence-corrected chi connectivity index (χ4v) is 3.09. The lowest BCUT2D eigenvalue weighted by Crippen LogP contribution is -2.45. The fraction of sp³-hybridized carbons (Fsp3) is 0.368. The number of carbonyl (C=O) groups excluding carboxylic acids is 1. The molecule has 1 aromatic carbocycles. The van der Waals surface area contributed by atoms with Crippen LogP contribution in [0.2, 0.25) is 0 Å². The summed E-state index contributed by atoms with van der Waals surface area (Å²) in [5.74, 6) is 2.13. The molecule has 2 aromatic rings. The van der Waals surface area contributed by atoms with Crippen molar-refractivity contribution in [3.63, 3.8) is 0 Å². The summed E-state index contributed by atoms with van der Waals surface area (Å²) in [6.45, 7) is 4.51. The predicted octanol–water partition coefficient (Wildman–Crippen LogP) is 1.49. The van der Waals surface area contributed by atoms with Gasteiger partial charge in [0.1, 0.15) is 11.5 Å². The molecule has 0 unspecified atom stereocenters. The van der Waals surface area contributed by atoms with Crippen LogP contribution in [0.3, 0.4) is 0 Å². The first-order valence-corrected chi connectivity index (χ1v) is 8.76. The number of aromatic nitrogens is 1. The van der Waals surface area contributed by atoms with Crippen LogP contribution in [0.25, 0.3) is 0 Å². The van der Waals surface area contributed by atoms with Crippen LogP contribution in [0.5, 0.6) is 11.5 Å². The fourth-order valence-electron chi connectivity index (χ4n) is 3.09. The van der Waals surface area contributed by atoms with Crippen molar-refractivity contribution in [1.82, 2.24) is 15.2 Å². The second-order valence-corrected chi connectivity index (χ2v) is 6.54. The summed E-state index contributed by atoms with van der Waals surface area (Å²) in [6.07, 6.45) is 0. The zero-order valence-corrected chi connectivity index (χ0v) is 14.8. The molecule has 2 aliphatic heterocycles. The maximum atomic E-state index is 12.5. The van der Waals surface area contributed by atoms with E-state index in [9.17, 15) is 4.79 Å². The molecule has 26 heavy (non-hydrogen) atoms. The molecule has 136 valence electrons. The summed E-state index contributed by atoms with van der Waals surface area (Å²) in [5, 5.41) is 2.92. The van der Waals surface area contributed by atoms with E-state index in [-0.39, 0.29) is 12.7 Å². The zero-order chi connectivity index (χ0) is 17.9. The van der Waals surface area contributed by atoms with Crippen LogP contribution >= 0.6 is 0 Å². The molecule has 0 aliphatic carbocycles. The minimum atomic E-state index is -0.182. The van der Waals surface area contributed by atoms with Gasteiger partial charge in [0.15, 0.2) is 11.5 Å². The highest BCUT2D eigenvalue weighted by Gasteiger charge is 2.17. The molecule has 1 aromatic heterocycles. The van der Waals surface area contributed by atoms with Crippen molar-refractivity contribution in [3.8, 4) is 11.5 Å². The smallest absolute Gasteiger partial charge is 0.270 e. The van der Waals surface area contributed by atoms with E-state index in [0.717, 1.165) is 43.3 Å². The number of hydrogen-bond acceptors (Lipinski definition) is 6. The number of pyridine rings is 1. The Morgan fingerprint density at radius 1 is 1.12 bits per heavy atom. The van der Waals surface area contributed by atoms with Crippen LogP contribution < -0.4 is 19.7 Å². The molecule has 7 heteroatoms. The summed E-state index contributed by atoms with van der Waals surface area (Å²) in [5.41, 5.74) is 1.39. The normalized spacial score (nSPS) is 16.6. The molecule has 1 fully saturated rings. The summed E-state index contributed by atoms with van der Waals surface area (Å²) < 4.78 is 10.7. The Bertz CT molecular complexity index is 803. The topological polar surface area (TPSA) is 66.9 Å². The van der Waals surface area contributed by atoms with Gasteiger partial charge in [0.2, 0.25) is 6.79 Å². The summed E-state index contributed by atoms with van der Waals surface area (Å²) in [6, 6.07) is 11.2. The number of amides is 1. The van der Waals surface area contributed by atoms with Gasteiger partial charge in [-0.2, -0.15) is 0 Å². The third-order valence-electron chi connectivity index (χ3n) is 4.68. The Labute approximate surface area is 152 Å². The van der Waals surface area contributed by atoms with Gasteiger partial charge in [-0.25, -0.2) is 4.98 Å². The number of carbonyl (C=O) groups is 1. The molecule has 0 saturated carbocycles. The molecule has 7 nitrogen and oxygen atoms in total. The van der Waals surface area contributed by atoms with E-state index in [0.29, 0.717) is 18.0 Å². The molecule has 1 saturated heterocycles. The Morgan fingerprint density at radius 3 is 2.77 bits per heavy atom. The van der Waals surface area contributed by atoms with Gasteiger partial charge < -0.3 is 24.6 Å². The van der Waals surface area contributed by atoms with Crippen molar-refractivity contribution in [2.75, 3.05) is 44.9 Å². The van der Waals surface area contributed by atoms with Crippen LogP contribution in [0, 0.1) is 0 Å². The highest BCUT2D eigenvalue weighted by molar-refractivity contribution is 5.92. The number of likely N-dealkylation sites (N-methyl/N-ethyl adjacent to an activating group) is 1. The Morgan fingerprint density at radius 2 is 1.92 bits per heavy atom. The summed E-state index contributed by atoms with van der Waals surface area (Å²) in [7, 11) is 2.12. The lowest BCUT2D eigenvalue weighted by Gasteiger charge is -2.33. The SMILES string of the molecule is CN1CCN(c2cccc(C(=O)NCc3ccc4c(c3)OCO4)n2)CC1. The second-order valence-electron chi connectivity index (χ2n) is 6.54. The van der Waals surface area contributed by atoms with Gasteiger partial charge in [-0.1, -0.05) is 12.1 Å². The molecular formula is C19H22N4O3. The zero-order valence-electron chi connectivity index (χ0n) is 14.8. The average Bonchev–Trinajstić information content (AvgIpc) is 3.14. The van der Waals surface area contributed by atoms with E-state index in [2.05, 4.69) is 27.1 Å². The predicted molar refractivity (Wildman–Crippen MR) is 97.7 cm³/mol. The van der Waals surface area contributed by atoms with Gasteiger partial charge in [0.25, 0.3) is 5.91 Å². The molecule has 2 aliphatic rings. The van der Waals surface area contributed by atoms with Crippen molar-refractivity contribution in [2.45, 2.75) is 6.54 Å². The molecular weight excluding hydrogens is 332 g/mol. The van der Waals surface area contributed by atoms with E-state index in [4.69, 9.17) is 9.47 Å². The molecule has 1 amide bonds. The number of benzene rings is 1. The molecule has 0 spiro atoms. The molecule has 4 rings (SSSR count). The minimum absolute atomic E-state index is 0.182. The second kappa shape index (κ2) is 7.21. The third-order valence-corrected chi connectivity index (χ3v) is 4.68.